The number of rotatable bonds is 22. The van der Waals surface area contributed by atoms with Crippen LogP contribution in [0.5, 0.6) is 0 Å². The fourth-order valence-electron chi connectivity index (χ4n) is 5.13. The van der Waals surface area contributed by atoms with Gasteiger partial charge in [0.15, 0.2) is 5.71 Å². The molecule has 0 saturated heterocycles. The van der Waals surface area contributed by atoms with E-state index in [2.05, 4.69) is 101 Å². The summed E-state index contributed by atoms with van der Waals surface area (Å²) in [5, 5.41) is 18.1. The highest BCUT2D eigenvalue weighted by Gasteiger charge is 2.16. The van der Waals surface area contributed by atoms with E-state index >= 15 is 0 Å². The predicted octanol–water partition coefficient (Wildman–Crippen LogP) is 4.03. The van der Waals surface area contributed by atoms with Crippen molar-refractivity contribution in [2.24, 2.45) is 0 Å². The topological polar surface area (TPSA) is 86.9 Å². The average molecular weight is 637 g/mol. The normalized spacial score (nSPS) is 12.6. The second-order valence-corrected chi connectivity index (χ2v) is 11.2. The monoisotopic (exact) mass is 636 g/mol. The van der Waals surface area contributed by atoms with Gasteiger partial charge in [-0.05, 0) is 71.5 Å². The summed E-state index contributed by atoms with van der Waals surface area (Å²) in [6.07, 6.45) is 9.96. The van der Waals surface area contributed by atoms with Crippen LogP contribution >= 0.6 is 0 Å². The van der Waals surface area contributed by atoms with Gasteiger partial charge in [-0.2, -0.15) is 0 Å². The highest BCUT2D eigenvalue weighted by Crippen LogP contribution is 2.32. The van der Waals surface area contributed by atoms with Crippen LogP contribution in [0.1, 0.15) is 24.0 Å². The molecule has 2 aromatic carbocycles. The Balaban J connectivity index is 1.91. The Morgan fingerprint density at radius 1 is 0.587 bits per heavy atom. The predicted molar refractivity (Wildman–Crippen MR) is 188 cm³/mol. The van der Waals surface area contributed by atoms with Gasteiger partial charge in [-0.15, -0.1) is 0 Å². The van der Waals surface area contributed by atoms with Crippen molar-refractivity contribution in [3.05, 3.63) is 89.5 Å². The molecule has 0 saturated carbocycles. The molecule has 2 aromatic rings. The van der Waals surface area contributed by atoms with Gasteiger partial charge in [0.05, 0.1) is 26.4 Å². The molecule has 0 radical (unpaired) electrons. The van der Waals surface area contributed by atoms with E-state index in [9.17, 15) is 0 Å². The number of nitrogens with zero attached hydrogens (tertiary/aromatic N) is 3. The minimum atomic E-state index is 0.128. The third-order valence-electron chi connectivity index (χ3n) is 7.75. The SMILES string of the molecule is COCCN(CCOC)c1ccc(C(=C2C=CC(=[N+](C)C)C=C2)c2ccc(N(CCOCCCO)CCOCCCO)cc2)cc1. The van der Waals surface area contributed by atoms with E-state index < -0.39 is 0 Å². The van der Waals surface area contributed by atoms with Crippen LogP contribution in [0.25, 0.3) is 5.57 Å². The molecule has 3 rings (SSSR count). The highest BCUT2D eigenvalue weighted by atomic mass is 16.5. The molecular weight excluding hydrogens is 582 g/mol. The molecule has 1 aliphatic rings. The maximum Gasteiger partial charge on any atom is 0.199 e. The summed E-state index contributed by atoms with van der Waals surface area (Å²) in [7, 11) is 7.56. The van der Waals surface area contributed by atoms with Crippen molar-refractivity contribution in [2.45, 2.75) is 12.8 Å². The summed E-state index contributed by atoms with van der Waals surface area (Å²) < 4.78 is 24.3. The second kappa shape index (κ2) is 21.5. The summed E-state index contributed by atoms with van der Waals surface area (Å²) in [6, 6.07) is 17.5. The van der Waals surface area contributed by atoms with Crippen molar-refractivity contribution in [3.63, 3.8) is 0 Å². The molecule has 252 valence electrons. The van der Waals surface area contributed by atoms with E-state index in [-0.39, 0.29) is 13.2 Å². The quantitative estimate of drug-likeness (QED) is 0.148. The van der Waals surface area contributed by atoms with Gasteiger partial charge in [-0.1, -0.05) is 24.3 Å². The van der Waals surface area contributed by atoms with E-state index in [4.69, 9.17) is 29.2 Å². The maximum absolute atomic E-state index is 9.07. The molecule has 0 fully saturated rings. The standard InChI is InChI=1S/C37H54N3O6/c1-38(2)34-13-7-31(8-14-34)37(32-9-15-35(16-10-32)39(19-27-43-3)20-28-44-4)33-11-17-36(18-12-33)40(21-29-45-25-5-23-41)22-30-46-26-6-24-42/h7-18,41-42H,5-6,19-30H2,1-4H3/q+1. The first-order chi connectivity index (χ1) is 22.5. The number of hydrogen-bond acceptors (Lipinski definition) is 8. The Labute approximate surface area is 275 Å². The maximum atomic E-state index is 9.07. The lowest BCUT2D eigenvalue weighted by atomic mass is 9.90. The average Bonchev–Trinajstić information content (AvgIpc) is 3.08. The summed E-state index contributed by atoms with van der Waals surface area (Å²) >= 11 is 0. The molecule has 0 atom stereocenters. The van der Waals surface area contributed by atoms with Crippen LogP contribution in [0.15, 0.2) is 78.4 Å². The van der Waals surface area contributed by atoms with Crippen molar-refractivity contribution in [2.75, 3.05) is 117 Å². The minimum Gasteiger partial charge on any atom is -0.396 e. The molecule has 0 unspecified atom stereocenters. The van der Waals surface area contributed by atoms with Crippen molar-refractivity contribution < 1.29 is 33.7 Å². The van der Waals surface area contributed by atoms with Crippen molar-refractivity contribution in [3.8, 4) is 0 Å². The highest BCUT2D eigenvalue weighted by molar-refractivity contribution is 6.04. The van der Waals surface area contributed by atoms with E-state index in [1.54, 1.807) is 14.2 Å². The zero-order chi connectivity index (χ0) is 33.0. The van der Waals surface area contributed by atoms with Crippen LogP contribution in [-0.4, -0.2) is 128 Å². The zero-order valence-corrected chi connectivity index (χ0v) is 28.2. The molecule has 0 spiro atoms. The number of hydrogen-bond donors (Lipinski definition) is 2. The molecule has 46 heavy (non-hydrogen) atoms. The third kappa shape index (κ3) is 12.1. The van der Waals surface area contributed by atoms with Crippen LogP contribution in [0.4, 0.5) is 11.4 Å². The number of methoxy groups -OCH3 is 2. The Morgan fingerprint density at radius 2 is 1.00 bits per heavy atom. The summed E-state index contributed by atoms with van der Waals surface area (Å²) in [5.74, 6) is 0. The van der Waals surface area contributed by atoms with E-state index in [0.29, 0.717) is 65.6 Å². The van der Waals surface area contributed by atoms with Gasteiger partial charge in [-0.3, -0.25) is 0 Å². The van der Waals surface area contributed by atoms with Crippen LogP contribution in [0.3, 0.4) is 0 Å². The number of benzene rings is 2. The number of aliphatic hydroxyl groups is 2. The molecule has 9 nitrogen and oxygen atoms in total. The largest absolute Gasteiger partial charge is 0.396 e. The smallest absolute Gasteiger partial charge is 0.199 e. The van der Waals surface area contributed by atoms with Crippen LogP contribution in [0, 0.1) is 0 Å². The Bertz CT molecular complexity index is 1230. The molecule has 2 N–H and O–H groups in total. The van der Waals surface area contributed by atoms with Gasteiger partial charge in [0.1, 0.15) is 14.1 Å². The molecule has 0 amide bonds. The summed E-state index contributed by atoms with van der Waals surface area (Å²) in [4.78, 5) is 4.55. The van der Waals surface area contributed by atoms with Crippen molar-refractivity contribution in [1.29, 1.82) is 0 Å². The number of aliphatic hydroxyl groups excluding tert-OH is 2. The second-order valence-electron chi connectivity index (χ2n) is 11.2. The van der Waals surface area contributed by atoms with E-state index in [1.165, 1.54) is 0 Å². The summed E-state index contributed by atoms with van der Waals surface area (Å²) in [5.41, 5.74) is 7.95. The molecule has 1 aliphatic carbocycles. The first-order valence-corrected chi connectivity index (χ1v) is 16.2. The lowest BCUT2D eigenvalue weighted by Crippen LogP contribution is -2.31. The minimum absolute atomic E-state index is 0.128. The lowest BCUT2D eigenvalue weighted by molar-refractivity contribution is -0.462. The number of allylic oxidation sites excluding steroid dienone is 5. The van der Waals surface area contributed by atoms with Crippen molar-refractivity contribution in [1.82, 2.24) is 0 Å². The van der Waals surface area contributed by atoms with Gasteiger partial charge in [0.2, 0.25) is 0 Å². The number of anilines is 2. The lowest BCUT2D eigenvalue weighted by Gasteiger charge is -2.26. The van der Waals surface area contributed by atoms with Gasteiger partial charge in [0.25, 0.3) is 0 Å². The Morgan fingerprint density at radius 3 is 1.37 bits per heavy atom. The number of ether oxygens (including phenoxy) is 4. The molecular formula is C37H54N3O6+. The van der Waals surface area contributed by atoms with Gasteiger partial charge >= 0.3 is 0 Å². The van der Waals surface area contributed by atoms with Gasteiger partial charge in [0, 0.05) is 90.4 Å². The molecule has 0 bridgehead atoms. The van der Waals surface area contributed by atoms with E-state index in [0.717, 1.165) is 52.4 Å². The van der Waals surface area contributed by atoms with Gasteiger partial charge in [-0.25, -0.2) is 4.58 Å². The Hall–Kier alpha value is -3.31. The van der Waals surface area contributed by atoms with Crippen molar-refractivity contribution >= 4 is 22.7 Å². The summed E-state index contributed by atoms with van der Waals surface area (Å²) in [6.45, 7) is 6.75. The Kier molecular flexibility index (Phi) is 17.3. The van der Waals surface area contributed by atoms with Crippen LogP contribution in [0.2, 0.25) is 0 Å². The molecule has 0 aromatic heterocycles. The van der Waals surface area contributed by atoms with E-state index in [1.807, 2.05) is 0 Å². The van der Waals surface area contributed by atoms with Crippen LogP contribution < -0.4 is 9.80 Å². The molecule has 0 heterocycles. The molecule has 0 aliphatic heterocycles. The zero-order valence-electron chi connectivity index (χ0n) is 28.2. The molecule has 9 heteroatoms. The fourth-order valence-corrected chi connectivity index (χ4v) is 5.13. The van der Waals surface area contributed by atoms with Gasteiger partial charge < -0.3 is 39.0 Å². The third-order valence-corrected chi connectivity index (χ3v) is 7.75. The van der Waals surface area contributed by atoms with Crippen LogP contribution in [-0.2, 0) is 18.9 Å². The first-order valence-electron chi connectivity index (χ1n) is 16.2. The fraction of sp³-hybridized carbons (Fsp3) is 0.486. The first kappa shape index (κ1) is 37.2.